The van der Waals surface area contributed by atoms with Crippen LogP contribution in [0.15, 0.2) is 6.33 Å². The first kappa shape index (κ1) is 11.6. The number of hydrogen-bond donors (Lipinski definition) is 2. The summed E-state index contributed by atoms with van der Waals surface area (Å²) in [4.78, 5) is 16.2. The Balaban J connectivity index is 1.55. The number of carbonyl (C=O) groups excluding carboxylic acids is 1. The second-order valence-corrected chi connectivity index (χ2v) is 5.29. The smallest absolute Gasteiger partial charge is 0.237 e. The van der Waals surface area contributed by atoms with Gasteiger partial charge in [-0.15, -0.1) is 0 Å². The van der Waals surface area contributed by atoms with Crippen molar-refractivity contribution in [2.45, 2.75) is 31.8 Å². The Morgan fingerprint density at radius 2 is 2.50 bits per heavy atom. The maximum absolute atomic E-state index is 12.1. The molecule has 1 amide bonds. The third kappa shape index (κ3) is 2.12. The highest BCUT2D eigenvalue weighted by Crippen LogP contribution is 2.37. The minimum absolute atomic E-state index is 0.0128. The van der Waals surface area contributed by atoms with Gasteiger partial charge in [-0.05, 0) is 31.2 Å². The van der Waals surface area contributed by atoms with Crippen LogP contribution in [0.25, 0.3) is 0 Å². The molecule has 2 aliphatic rings. The van der Waals surface area contributed by atoms with E-state index in [0.717, 1.165) is 6.54 Å². The van der Waals surface area contributed by atoms with E-state index in [4.69, 9.17) is 0 Å². The van der Waals surface area contributed by atoms with Crippen LogP contribution < -0.4 is 10.6 Å². The lowest BCUT2D eigenvalue weighted by atomic mass is 9.94. The Labute approximate surface area is 106 Å². The van der Waals surface area contributed by atoms with E-state index < -0.39 is 0 Å². The molecule has 1 aliphatic heterocycles. The highest BCUT2D eigenvalue weighted by atomic mass is 16.2. The van der Waals surface area contributed by atoms with Gasteiger partial charge in [-0.25, -0.2) is 4.98 Å². The summed E-state index contributed by atoms with van der Waals surface area (Å²) in [6.45, 7) is 1.40. The third-order valence-corrected chi connectivity index (χ3v) is 4.10. The molecule has 3 atom stereocenters. The molecule has 2 fully saturated rings. The molecule has 6 heteroatoms. The third-order valence-electron chi connectivity index (χ3n) is 4.10. The number of amides is 1. The van der Waals surface area contributed by atoms with Crippen molar-refractivity contribution in [3.63, 3.8) is 0 Å². The van der Waals surface area contributed by atoms with Gasteiger partial charge in [0.25, 0.3) is 0 Å². The standard InChI is InChI=1S/C12H19N5O/c1-17-7-15-10(16-17)6-14-12(18)11-9-4-2-3-8(9)5-13-11/h7-9,11,13H,2-6H2,1H3,(H,14,18). The fourth-order valence-corrected chi connectivity index (χ4v) is 3.22. The lowest BCUT2D eigenvalue weighted by Crippen LogP contribution is -2.43. The Hall–Kier alpha value is -1.43. The van der Waals surface area contributed by atoms with Crippen LogP contribution in [-0.2, 0) is 18.4 Å². The number of hydrogen-bond acceptors (Lipinski definition) is 4. The summed E-state index contributed by atoms with van der Waals surface area (Å²) in [5.74, 6) is 1.99. The van der Waals surface area contributed by atoms with E-state index >= 15 is 0 Å². The number of fused-ring (bicyclic) bond motifs is 1. The molecule has 0 radical (unpaired) electrons. The van der Waals surface area contributed by atoms with Gasteiger partial charge in [0.2, 0.25) is 5.91 Å². The zero-order chi connectivity index (χ0) is 12.5. The van der Waals surface area contributed by atoms with Gasteiger partial charge in [0.1, 0.15) is 6.33 Å². The molecule has 1 saturated heterocycles. The minimum atomic E-state index is -0.0128. The van der Waals surface area contributed by atoms with Crippen molar-refractivity contribution in [3.8, 4) is 0 Å². The first-order valence-corrected chi connectivity index (χ1v) is 6.59. The van der Waals surface area contributed by atoms with Gasteiger partial charge in [-0.2, -0.15) is 5.10 Å². The van der Waals surface area contributed by atoms with Gasteiger partial charge in [-0.1, -0.05) is 6.42 Å². The molecule has 0 bridgehead atoms. The molecule has 2 heterocycles. The normalized spacial score (nSPS) is 30.4. The average molecular weight is 249 g/mol. The van der Waals surface area contributed by atoms with Gasteiger partial charge in [-0.3, -0.25) is 9.48 Å². The molecule has 0 spiro atoms. The van der Waals surface area contributed by atoms with Crippen LogP contribution in [0.2, 0.25) is 0 Å². The van der Waals surface area contributed by atoms with E-state index in [0.29, 0.717) is 24.2 Å². The van der Waals surface area contributed by atoms with Crippen LogP contribution in [0.5, 0.6) is 0 Å². The fourth-order valence-electron chi connectivity index (χ4n) is 3.22. The minimum Gasteiger partial charge on any atom is -0.347 e. The van der Waals surface area contributed by atoms with E-state index in [-0.39, 0.29) is 11.9 Å². The first-order valence-electron chi connectivity index (χ1n) is 6.59. The van der Waals surface area contributed by atoms with Crippen molar-refractivity contribution in [1.29, 1.82) is 0 Å². The zero-order valence-electron chi connectivity index (χ0n) is 10.6. The van der Waals surface area contributed by atoms with E-state index in [9.17, 15) is 4.79 Å². The monoisotopic (exact) mass is 249 g/mol. The predicted octanol–water partition coefficient (Wildman–Crippen LogP) is -0.181. The number of aromatic nitrogens is 3. The highest BCUT2D eigenvalue weighted by Gasteiger charge is 2.42. The number of nitrogens with one attached hydrogen (secondary N) is 2. The van der Waals surface area contributed by atoms with E-state index in [1.54, 1.807) is 11.0 Å². The van der Waals surface area contributed by atoms with Gasteiger partial charge < -0.3 is 10.6 Å². The van der Waals surface area contributed by atoms with Gasteiger partial charge >= 0.3 is 0 Å². The lowest BCUT2D eigenvalue weighted by Gasteiger charge is -2.17. The molecule has 2 N–H and O–H groups in total. The van der Waals surface area contributed by atoms with Crippen molar-refractivity contribution in [2.75, 3.05) is 6.54 Å². The molecular weight excluding hydrogens is 230 g/mol. The number of aryl methyl sites for hydroxylation is 1. The topological polar surface area (TPSA) is 71.8 Å². The van der Waals surface area contributed by atoms with Crippen LogP contribution in [0.1, 0.15) is 25.1 Å². The Morgan fingerprint density at radius 1 is 1.61 bits per heavy atom. The summed E-state index contributed by atoms with van der Waals surface area (Å²) in [7, 11) is 1.82. The summed E-state index contributed by atoms with van der Waals surface area (Å²) >= 11 is 0. The Bertz CT molecular complexity index is 443. The van der Waals surface area contributed by atoms with Crippen molar-refractivity contribution < 1.29 is 4.79 Å². The molecule has 18 heavy (non-hydrogen) atoms. The number of rotatable bonds is 3. The first-order chi connectivity index (χ1) is 8.74. The fraction of sp³-hybridized carbons (Fsp3) is 0.750. The molecule has 1 saturated carbocycles. The summed E-state index contributed by atoms with van der Waals surface area (Å²) in [6, 6.07) is -0.0128. The van der Waals surface area contributed by atoms with Crippen LogP contribution in [0.3, 0.4) is 0 Å². The van der Waals surface area contributed by atoms with Crippen molar-refractivity contribution in [2.24, 2.45) is 18.9 Å². The molecule has 1 aliphatic carbocycles. The molecule has 3 rings (SSSR count). The largest absolute Gasteiger partial charge is 0.347 e. The quantitative estimate of drug-likeness (QED) is 0.779. The average Bonchev–Trinajstić information content (AvgIpc) is 3.01. The maximum Gasteiger partial charge on any atom is 0.237 e. The molecule has 6 nitrogen and oxygen atoms in total. The highest BCUT2D eigenvalue weighted by molar-refractivity contribution is 5.82. The summed E-state index contributed by atoms with van der Waals surface area (Å²) in [5.41, 5.74) is 0. The van der Waals surface area contributed by atoms with Crippen molar-refractivity contribution in [1.82, 2.24) is 25.4 Å². The number of nitrogens with zero attached hydrogens (tertiary/aromatic N) is 3. The Morgan fingerprint density at radius 3 is 3.28 bits per heavy atom. The van der Waals surface area contributed by atoms with Crippen LogP contribution in [0.4, 0.5) is 0 Å². The van der Waals surface area contributed by atoms with Gasteiger partial charge in [0, 0.05) is 7.05 Å². The van der Waals surface area contributed by atoms with Crippen LogP contribution >= 0.6 is 0 Å². The van der Waals surface area contributed by atoms with Crippen LogP contribution in [-0.4, -0.2) is 33.3 Å². The predicted molar refractivity (Wildman–Crippen MR) is 65.5 cm³/mol. The maximum atomic E-state index is 12.1. The van der Waals surface area contributed by atoms with Gasteiger partial charge in [0.05, 0.1) is 12.6 Å². The summed E-state index contributed by atoms with van der Waals surface area (Å²) in [6.07, 6.45) is 5.35. The van der Waals surface area contributed by atoms with E-state index in [1.807, 2.05) is 7.05 Å². The molecule has 1 aromatic rings. The molecule has 3 unspecified atom stereocenters. The molecule has 0 aromatic carbocycles. The van der Waals surface area contributed by atoms with E-state index in [2.05, 4.69) is 20.7 Å². The lowest BCUT2D eigenvalue weighted by molar-refractivity contribution is -0.124. The van der Waals surface area contributed by atoms with Gasteiger partial charge in [0.15, 0.2) is 5.82 Å². The molecule has 98 valence electrons. The van der Waals surface area contributed by atoms with Crippen molar-refractivity contribution >= 4 is 5.91 Å². The van der Waals surface area contributed by atoms with Crippen molar-refractivity contribution in [3.05, 3.63) is 12.2 Å². The number of carbonyl (C=O) groups is 1. The SMILES string of the molecule is Cn1cnc(CNC(=O)C2NCC3CCCC32)n1. The molecular formula is C12H19N5O. The second-order valence-electron chi connectivity index (χ2n) is 5.29. The molecule has 1 aromatic heterocycles. The summed E-state index contributed by atoms with van der Waals surface area (Å²) in [5, 5.41) is 10.4. The zero-order valence-corrected chi connectivity index (χ0v) is 10.6. The van der Waals surface area contributed by atoms with Crippen LogP contribution in [0, 0.1) is 11.8 Å². The van der Waals surface area contributed by atoms with E-state index in [1.165, 1.54) is 19.3 Å². The summed E-state index contributed by atoms with van der Waals surface area (Å²) < 4.78 is 1.64. The second kappa shape index (κ2) is 4.68. The Kier molecular flexibility index (Phi) is 3.03.